The van der Waals surface area contributed by atoms with E-state index in [1.165, 1.54) is 0 Å². The van der Waals surface area contributed by atoms with E-state index >= 15 is 0 Å². The zero-order valence-electron chi connectivity index (χ0n) is 13.3. The lowest BCUT2D eigenvalue weighted by Gasteiger charge is -2.10. The molecule has 4 rings (SSSR count). The summed E-state index contributed by atoms with van der Waals surface area (Å²) in [6.45, 7) is 2.55. The van der Waals surface area contributed by atoms with E-state index in [-0.39, 0.29) is 18.3 Å². The third-order valence-electron chi connectivity index (χ3n) is 4.73. The molecule has 1 saturated heterocycles. The number of piperidine rings is 1. The molecule has 2 aromatic rings. The van der Waals surface area contributed by atoms with Crippen molar-refractivity contribution in [3.05, 3.63) is 65.7 Å². The van der Waals surface area contributed by atoms with Gasteiger partial charge in [0, 0.05) is 24.7 Å². The zero-order chi connectivity index (χ0) is 15.6. The Morgan fingerprint density at radius 2 is 1.83 bits per heavy atom. The van der Waals surface area contributed by atoms with Crippen LogP contribution in [0.3, 0.4) is 0 Å². The molecule has 24 heavy (non-hydrogen) atoms. The molecule has 2 unspecified atom stereocenters. The number of benzene rings is 2. The predicted molar refractivity (Wildman–Crippen MR) is 95.6 cm³/mol. The summed E-state index contributed by atoms with van der Waals surface area (Å²) in [5.74, 6) is 1.96. The van der Waals surface area contributed by atoms with Gasteiger partial charge < -0.3 is 15.4 Å². The molecule has 2 aromatic carbocycles. The molecule has 1 heterocycles. The Labute approximate surface area is 148 Å². The molecule has 1 amide bonds. The van der Waals surface area contributed by atoms with E-state index in [0.717, 1.165) is 24.4 Å². The lowest BCUT2D eigenvalue weighted by atomic mass is 10.2. The van der Waals surface area contributed by atoms with Crippen molar-refractivity contribution in [2.75, 3.05) is 13.1 Å². The van der Waals surface area contributed by atoms with Gasteiger partial charge in [-0.05, 0) is 35.6 Å². The summed E-state index contributed by atoms with van der Waals surface area (Å²) in [6.07, 6.45) is 0. The van der Waals surface area contributed by atoms with Crippen LogP contribution in [-0.2, 0) is 6.61 Å². The van der Waals surface area contributed by atoms with E-state index in [0.29, 0.717) is 30.0 Å². The van der Waals surface area contributed by atoms with Crippen molar-refractivity contribution in [1.82, 2.24) is 10.6 Å². The van der Waals surface area contributed by atoms with Crippen LogP contribution in [0.4, 0.5) is 0 Å². The molecule has 2 atom stereocenters. The molecule has 2 fully saturated rings. The summed E-state index contributed by atoms with van der Waals surface area (Å²) in [7, 11) is 0. The van der Waals surface area contributed by atoms with E-state index in [2.05, 4.69) is 10.6 Å². The van der Waals surface area contributed by atoms with E-state index in [9.17, 15) is 4.79 Å². The fourth-order valence-corrected chi connectivity index (χ4v) is 3.34. The van der Waals surface area contributed by atoms with Crippen LogP contribution in [0.5, 0.6) is 5.75 Å². The van der Waals surface area contributed by atoms with Crippen LogP contribution in [0.1, 0.15) is 15.9 Å². The summed E-state index contributed by atoms with van der Waals surface area (Å²) in [4.78, 5) is 12.4. The first-order valence-corrected chi connectivity index (χ1v) is 8.09. The minimum atomic E-state index is -0.00504. The second kappa shape index (κ2) is 7.24. The normalized spacial score (nSPS) is 23.8. The molecule has 0 radical (unpaired) electrons. The highest BCUT2D eigenvalue weighted by Gasteiger charge is 2.53. The third-order valence-corrected chi connectivity index (χ3v) is 4.73. The highest BCUT2D eigenvalue weighted by Crippen LogP contribution is 2.41. The number of hydrogen-bond donors (Lipinski definition) is 2. The van der Waals surface area contributed by atoms with Gasteiger partial charge in [-0.2, -0.15) is 0 Å². The van der Waals surface area contributed by atoms with Crippen LogP contribution in [-0.4, -0.2) is 25.0 Å². The Morgan fingerprint density at radius 3 is 2.58 bits per heavy atom. The third kappa shape index (κ3) is 3.55. The van der Waals surface area contributed by atoms with Crippen LogP contribution in [0.15, 0.2) is 54.6 Å². The lowest BCUT2D eigenvalue weighted by molar-refractivity contribution is 0.0946. The SMILES string of the molecule is Cl.O=C(NC1C2CNCC21)c1cccc(OCc2ccccc2)c1. The molecule has 2 N–H and O–H groups in total. The van der Waals surface area contributed by atoms with Gasteiger partial charge in [-0.3, -0.25) is 4.79 Å². The maximum Gasteiger partial charge on any atom is 0.251 e. The van der Waals surface area contributed by atoms with Gasteiger partial charge in [-0.25, -0.2) is 0 Å². The average Bonchev–Trinajstić information content (AvgIpc) is 3.02. The average molecular weight is 345 g/mol. The van der Waals surface area contributed by atoms with Gasteiger partial charge in [-0.1, -0.05) is 36.4 Å². The molecule has 1 aliphatic carbocycles. The first-order valence-electron chi connectivity index (χ1n) is 8.09. The quantitative estimate of drug-likeness (QED) is 0.876. The van der Waals surface area contributed by atoms with Crippen molar-refractivity contribution in [2.24, 2.45) is 11.8 Å². The second-order valence-electron chi connectivity index (χ2n) is 6.29. The molecular formula is C19H21ClN2O2. The van der Waals surface area contributed by atoms with Crippen molar-refractivity contribution >= 4 is 18.3 Å². The first kappa shape index (κ1) is 16.8. The number of ether oxygens (including phenoxy) is 1. The van der Waals surface area contributed by atoms with Crippen molar-refractivity contribution in [2.45, 2.75) is 12.6 Å². The number of rotatable bonds is 5. The second-order valence-corrected chi connectivity index (χ2v) is 6.29. The van der Waals surface area contributed by atoms with Gasteiger partial charge >= 0.3 is 0 Å². The molecule has 0 aromatic heterocycles. The van der Waals surface area contributed by atoms with Crippen molar-refractivity contribution < 1.29 is 9.53 Å². The molecule has 2 aliphatic rings. The smallest absolute Gasteiger partial charge is 0.251 e. The number of halogens is 1. The van der Waals surface area contributed by atoms with Gasteiger partial charge in [0.15, 0.2) is 0 Å². The molecule has 5 heteroatoms. The number of carbonyl (C=O) groups excluding carboxylic acids is 1. The number of nitrogens with one attached hydrogen (secondary N) is 2. The molecule has 1 aliphatic heterocycles. The summed E-state index contributed by atoms with van der Waals surface area (Å²) >= 11 is 0. The first-order chi connectivity index (χ1) is 11.3. The summed E-state index contributed by atoms with van der Waals surface area (Å²) in [5.41, 5.74) is 1.77. The van der Waals surface area contributed by atoms with Gasteiger partial charge in [0.05, 0.1) is 0 Å². The topological polar surface area (TPSA) is 50.4 Å². The van der Waals surface area contributed by atoms with Crippen molar-refractivity contribution in [3.8, 4) is 5.75 Å². The highest BCUT2D eigenvalue weighted by molar-refractivity contribution is 5.95. The van der Waals surface area contributed by atoms with Crippen molar-refractivity contribution in [3.63, 3.8) is 0 Å². The van der Waals surface area contributed by atoms with Crippen LogP contribution in [0, 0.1) is 11.8 Å². The van der Waals surface area contributed by atoms with Crippen LogP contribution in [0.2, 0.25) is 0 Å². The maximum absolute atomic E-state index is 12.4. The summed E-state index contributed by atoms with van der Waals surface area (Å²) in [6, 6.07) is 17.8. The van der Waals surface area contributed by atoms with E-state index < -0.39 is 0 Å². The van der Waals surface area contributed by atoms with Gasteiger partial charge in [0.2, 0.25) is 0 Å². The summed E-state index contributed by atoms with van der Waals surface area (Å²) < 4.78 is 5.79. The Morgan fingerprint density at radius 1 is 1.08 bits per heavy atom. The van der Waals surface area contributed by atoms with E-state index in [4.69, 9.17) is 4.74 Å². The molecule has 0 bridgehead atoms. The Bertz CT molecular complexity index is 698. The predicted octanol–water partition coefficient (Wildman–Crippen LogP) is 2.64. The van der Waals surface area contributed by atoms with Gasteiger partial charge in [0.25, 0.3) is 5.91 Å². The van der Waals surface area contributed by atoms with Crippen molar-refractivity contribution in [1.29, 1.82) is 0 Å². The number of fused-ring (bicyclic) bond motifs is 1. The van der Waals surface area contributed by atoms with Crippen LogP contribution < -0.4 is 15.4 Å². The zero-order valence-corrected chi connectivity index (χ0v) is 14.1. The molecule has 0 spiro atoms. The largest absolute Gasteiger partial charge is 0.489 e. The van der Waals surface area contributed by atoms with E-state index in [1.54, 1.807) is 0 Å². The fourth-order valence-electron chi connectivity index (χ4n) is 3.34. The minimum absolute atomic E-state index is 0. The number of carbonyl (C=O) groups is 1. The Balaban J connectivity index is 0.00000169. The Kier molecular flexibility index (Phi) is 5.07. The van der Waals surface area contributed by atoms with Gasteiger partial charge in [-0.15, -0.1) is 12.4 Å². The molecule has 1 saturated carbocycles. The Hall–Kier alpha value is -2.04. The minimum Gasteiger partial charge on any atom is -0.489 e. The standard InChI is InChI=1S/C19H20N2O2.ClH/c22-19(21-18-16-10-20-11-17(16)18)14-7-4-8-15(9-14)23-12-13-5-2-1-3-6-13;/h1-9,16-18,20H,10-12H2,(H,21,22);1H. The van der Waals surface area contributed by atoms with Gasteiger partial charge in [0.1, 0.15) is 12.4 Å². The highest BCUT2D eigenvalue weighted by atomic mass is 35.5. The molecular weight excluding hydrogens is 324 g/mol. The molecule has 126 valence electrons. The number of hydrogen-bond acceptors (Lipinski definition) is 3. The van der Waals surface area contributed by atoms with Crippen LogP contribution >= 0.6 is 12.4 Å². The fraction of sp³-hybridized carbons (Fsp3) is 0.316. The number of amides is 1. The van der Waals surface area contributed by atoms with Crippen LogP contribution in [0.25, 0.3) is 0 Å². The monoisotopic (exact) mass is 344 g/mol. The summed E-state index contributed by atoms with van der Waals surface area (Å²) in [5, 5.41) is 6.47. The maximum atomic E-state index is 12.4. The van der Waals surface area contributed by atoms with E-state index in [1.807, 2.05) is 54.6 Å². The lowest BCUT2D eigenvalue weighted by Crippen LogP contribution is -2.32. The molecule has 4 nitrogen and oxygen atoms in total.